The van der Waals surface area contributed by atoms with Crippen molar-refractivity contribution >= 4 is 29.9 Å². The second-order valence-electron chi connectivity index (χ2n) is 6.43. The lowest BCUT2D eigenvalue weighted by atomic mass is 10.1. The predicted octanol–water partition coefficient (Wildman–Crippen LogP) is 2.30. The summed E-state index contributed by atoms with van der Waals surface area (Å²) in [5.41, 5.74) is 0.668. The van der Waals surface area contributed by atoms with Crippen molar-refractivity contribution in [2.75, 3.05) is 44.2 Å². The molecule has 0 saturated carbocycles. The molecule has 0 aliphatic carbocycles. The zero-order valence-corrected chi connectivity index (χ0v) is 15.1. The Kier molecular flexibility index (Phi) is 7.20. The van der Waals surface area contributed by atoms with Gasteiger partial charge in [0.05, 0.1) is 5.69 Å². The molecule has 0 spiro atoms. The van der Waals surface area contributed by atoms with E-state index in [9.17, 15) is 14.0 Å². The van der Waals surface area contributed by atoms with Gasteiger partial charge in [-0.1, -0.05) is 12.1 Å². The number of carbonyl (C=O) groups excluding carboxylic acids is 2. The maximum absolute atomic E-state index is 13.8. The number of imide groups is 1. The van der Waals surface area contributed by atoms with Gasteiger partial charge >= 0.3 is 0 Å². The molecule has 138 valence electrons. The molecule has 0 aromatic heterocycles. The van der Waals surface area contributed by atoms with E-state index in [1.54, 1.807) is 6.07 Å². The van der Waals surface area contributed by atoms with Gasteiger partial charge in [-0.05, 0) is 31.5 Å². The smallest absolute Gasteiger partial charge is 0.229 e. The number of para-hydroxylation sites is 1. The first kappa shape index (κ1) is 19.7. The highest BCUT2D eigenvalue weighted by molar-refractivity contribution is 5.97. The molecule has 5 nitrogen and oxygen atoms in total. The number of amides is 2. The Labute approximate surface area is 154 Å². The molecule has 0 unspecified atom stereocenters. The van der Waals surface area contributed by atoms with Crippen molar-refractivity contribution in [2.24, 2.45) is 0 Å². The molecule has 2 fully saturated rings. The highest BCUT2D eigenvalue weighted by Gasteiger charge is 2.25. The molecule has 2 heterocycles. The van der Waals surface area contributed by atoms with Crippen LogP contribution in [0.2, 0.25) is 0 Å². The van der Waals surface area contributed by atoms with Crippen molar-refractivity contribution in [3.63, 3.8) is 0 Å². The van der Waals surface area contributed by atoms with Crippen LogP contribution in [0.25, 0.3) is 0 Å². The summed E-state index contributed by atoms with van der Waals surface area (Å²) in [5, 5.41) is 0. The van der Waals surface area contributed by atoms with Crippen LogP contribution in [0.3, 0.4) is 0 Å². The van der Waals surface area contributed by atoms with E-state index >= 15 is 0 Å². The van der Waals surface area contributed by atoms with Gasteiger partial charge in [0.1, 0.15) is 5.82 Å². The summed E-state index contributed by atoms with van der Waals surface area (Å²) in [7, 11) is 0. The molecule has 0 atom stereocenters. The summed E-state index contributed by atoms with van der Waals surface area (Å²) in [6.45, 7) is 4.71. The van der Waals surface area contributed by atoms with Gasteiger partial charge in [-0.3, -0.25) is 19.4 Å². The third kappa shape index (κ3) is 4.92. The normalized spacial score (nSPS) is 19.1. The number of rotatable bonds is 5. The summed E-state index contributed by atoms with van der Waals surface area (Å²) in [5.74, 6) is -0.237. The van der Waals surface area contributed by atoms with Crippen LogP contribution in [-0.2, 0) is 9.59 Å². The number of anilines is 1. The van der Waals surface area contributed by atoms with Crippen LogP contribution in [0.5, 0.6) is 0 Å². The van der Waals surface area contributed by atoms with Crippen molar-refractivity contribution in [3.8, 4) is 0 Å². The molecule has 2 amide bonds. The number of carbonyl (C=O) groups is 2. The fraction of sp³-hybridized carbons (Fsp3) is 0.556. The fourth-order valence-corrected chi connectivity index (χ4v) is 3.42. The predicted molar refractivity (Wildman–Crippen MR) is 97.5 cm³/mol. The summed E-state index contributed by atoms with van der Waals surface area (Å²) in [6.07, 6.45) is 2.48. The van der Waals surface area contributed by atoms with Crippen LogP contribution in [0.15, 0.2) is 24.3 Å². The lowest BCUT2D eigenvalue weighted by Crippen LogP contribution is -2.48. The fourth-order valence-electron chi connectivity index (χ4n) is 3.42. The first-order valence-corrected chi connectivity index (χ1v) is 8.70. The number of hydrogen-bond acceptors (Lipinski definition) is 4. The molecule has 7 heteroatoms. The minimum absolute atomic E-state index is 0. The lowest BCUT2D eigenvalue weighted by molar-refractivity contribution is -0.148. The third-order valence-corrected chi connectivity index (χ3v) is 4.80. The van der Waals surface area contributed by atoms with Crippen LogP contribution in [0, 0.1) is 5.82 Å². The number of benzene rings is 1. The van der Waals surface area contributed by atoms with Gasteiger partial charge in [0, 0.05) is 45.6 Å². The Balaban J connectivity index is 0.00000225. The monoisotopic (exact) mass is 369 g/mol. The van der Waals surface area contributed by atoms with Crippen LogP contribution < -0.4 is 4.90 Å². The number of hydrogen-bond donors (Lipinski definition) is 0. The number of likely N-dealkylation sites (tertiary alicyclic amines) is 1. The highest BCUT2D eigenvalue weighted by atomic mass is 35.5. The van der Waals surface area contributed by atoms with Gasteiger partial charge in [-0.25, -0.2) is 4.39 Å². The summed E-state index contributed by atoms with van der Waals surface area (Å²) >= 11 is 0. The average Bonchev–Trinajstić information content (AvgIpc) is 2.59. The minimum Gasteiger partial charge on any atom is -0.367 e. The largest absolute Gasteiger partial charge is 0.367 e. The molecule has 2 saturated heterocycles. The zero-order chi connectivity index (χ0) is 16.9. The topological polar surface area (TPSA) is 43.9 Å². The average molecular weight is 370 g/mol. The molecular formula is C18H25ClFN3O2. The summed E-state index contributed by atoms with van der Waals surface area (Å²) < 4.78 is 13.8. The van der Waals surface area contributed by atoms with Crippen LogP contribution in [0.4, 0.5) is 10.1 Å². The first-order valence-electron chi connectivity index (χ1n) is 8.70. The van der Waals surface area contributed by atoms with E-state index in [0.717, 1.165) is 39.1 Å². The van der Waals surface area contributed by atoms with Crippen LogP contribution in [-0.4, -0.2) is 60.9 Å². The summed E-state index contributed by atoms with van der Waals surface area (Å²) in [6, 6.07) is 6.88. The van der Waals surface area contributed by atoms with E-state index in [4.69, 9.17) is 0 Å². The SMILES string of the molecule is Cl.O=C1CCCC(=O)N1CCCN1CCN(c2ccccc2F)CC1. The molecular weight excluding hydrogens is 345 g/mol. The molecule has 2 aliphatic heterocycles. The number of piperidine rings is 1. The number of halogens is 2. The van der Waals surface area contributed by atoms with Gasteiger partial charge in [0.2, 0.25) is 11.8 Å². The van der Waals surface area contributed by atoms with Crippen LogP contribution >= 0.6 is 12.4 Å². The quantitative estimate of drug-likeness (QED) is 0.747. The molecule has 1 aromatic carbocycles. The second kappa shape index (κ2) is 9.15. The molecule has 2 aliphatic rings. The van der Waals surface area contributed by atoms with Crippen molar-refractivity contribution in [1.29, 1.82) is 0 Å². The summed E-state index contributed by atoms with van der Waals surface area (Å²) in [4.78, 5) is 29.3. The van der Waals surface area contributed by atoms with Crippen molar-refractivity contribution < 1.29 is 14.0 Å². The number of piperazine rings is 1. The van der Waals surface area contributed by atoms with Gasteiger partial charge in [-0.15, -0.1) is 12.4 Å². The van der Waals surface area contributed by atoms with Crippen molar-refractivity contribution in [3.05, 3.63) is 30.1 Å². The van der Waals surface area contributed by atoms with Gasteiger partial charge in [-0.2, -0.15) is 0 Å². The van der Waals surface area contributed by atoms with E-state index in [1.165, 1.54) is 11.0 Å². The Morgan fingerprint density at radius 1 is 0.920 bits per heavy atom. The maximum atomic E-state index is 13.8. The maximum Gasteiger partial charge on any atom is 0.229 e. The van der Waals surface area contributed by atoms with Crippen LogP contribution in [0.1, 0.15) is 25.7 Å². The van der Waals surface area contributed by atoms with E-state index < -0.39 is 0 Å². The second-order valence-corrected chi connectivity index (χ2v) is 6.43. The highest BCUT2D eigenvalue weighted by Crippen LogP contribution is 2.20. The van der Waals surface area contributed by atoms with Crippen molar-refractivity contribution in [2.45, 2.75) is 25.7 Å². The minimum atomic E-state index is -0.173. The molecule has 3 rings (SSSR count). The Morgan fingerprint density at radius 2 is 1.56 bits per heavy atom. The molecule has 0 radical (unpaired) electrons. The standard InChI is InChI=1S/C18H24FN3O2.ClH/c19-15-5-1-2-6-16(15)21-13-11-20(12-14-21)9-4-10-22-17(23)7-3-8-18(22)24;/h1-2,5-6H,3-4,7-14H2;1H. The van der Waals surface area contributed by atoms with Gasteiger partial charge < -0.3 is 4.90 Å². The number of nitrogens with zero attached hydrogens (tertiary/aromatic N) is 3. The van der Waals surface area contributed by atoms with E-state index in [-0.39, 0.29) is 30.0 Å². The zero-order valence-electron chi connectivity index (χ0n) is 14.3. The van der Waals surface area contributed by atoms with Gasteiger partial charge in [0.15, 0.2) is 0 Å². The third-order valence-electron chi connectivity index (χ3n) is 4.80. The Hall–Kier alpha value is -1.66. The molecule has 25 heavy (non-hydrogen) atoms. The van der Waals surface area contributed by atoms with E-state index in [0.29, 0.717) is 31.5 Å². The lowest BCUT2D eigenvalue weighted by Gasteiger charge is -2.36. The van der Waals surface area contributed by atoms with Crippen molar-refractivity contribution in [1.82, 2.24) is 9.80 Å². The molecule has 0 N–H and O–H groups in total. The Morgan fingerprint density at radius 3 is 2.20 bits per heavy atom. The van der Waals surface area contributed by atoms with Gasteiger partial charge in [0.25, 0.3) is 0 Å². The van der Waals surface area contributed by atoms with E-state index in [2.05, 4.69) is 9.80 Å². The first-order chi connectivity index (χ1) is 11.6. The molecule has 0 bridgehead atoms. The van der Waals surface area contributed by atoms with E-state index in [1.807, 2.05) is 12.1 Å². The Bertz CT molecular complexity index is 590. The molecule has 1 aromatic rings.